The number of nitrogens with two attached hydrogens (primary N) is 1. The third kappa shape index (κ3) is 2.18. The van der Waals surface area contributed by atoms with Gasteiger partial charge in [0.05, 0.1) is 12.2 Å². The van der Waals surface area contributed by atoms with Gasteiger partial charge in [0, 0.05) is 23.5 Å². The zero-order valence-corrected chi connectivity index (χ0v) is 11.0. The predicted molar refractivity (Wildman–Crippen MR) is 77.9 cm³/mol. The SMILES string of the molecule is NCCC(c1ccncc1F)n1ccc2ccccc21. The highest BCUT2D eigenvalue weighted by Gasteiger charge is 2.18. The van der Waals surface area contributed by atoms with Gasteiger partial charge in [-0.2, -0.15) is 0 Å². The Balaban J connectivity index is 2.14. The summed E-state index contributed by atoms with van der Waals surface area (Å²) in [7, 11) is 0. The van der Waals surface area contributed by atoms with Crippen LogP contribution in [0.2, 0.25) is 0 Å². The molecule has 102 valence electrons. The lowest BCUT2D eigenvalue weighted by molar-refractivity contribution is 0.515. The van der Waals surface area contributed by atoms with Crippen LogP contribution in [0.4, 0.5) is 4.39 Å². The van der Waals surface area contributed by atoms with E-state index >= 15 is 0 Å². The topological polar surface area (TPSA) is 43.8 Å². The standard InChI is InChI=1S/C16H16FN3/c17-14-11-19-9-6-13(14)16(5-8-18)20-10-7-12-3-1-2-4-15(12)20/h1-4,6-7,9-11,16H,5,8,18H2. The van der Waals surface area contributed by atoms with Crippen molar-refractivity contribution in [2.24, 2.45) is 5.73 Å². The molecule has 0 spiro atoms. The van der Waals surface area contributed by atoms with E-state index < -0.39 is 0 Å². The fourth-order valence-electron chi connectivity index (χ4n) is 2.63. The highest BCUT2D eigenvalue weighted by atomic mass is 19.1. The van der Waals surface area contributed by atoms with E-state index in [0.29, 0.717) is 18.5 Å². The number of halogens is 1. The molecule has 0 saturated heterocycles. The summed E-state index contributed by atoms with van der Waals surface area (Å²) in [6.07, 6.45) is 5.54. The summed E-state index contributed by atoms with van der Waals surface area (Å²) in [5, 5.41) is 1.14. The number of hydrogen-bond donors (Lipinski definition) is 1. The molecule has 20 heavy (non-hydrogen) atoms. The second-order valence-corrected chi connectivity index (χ2v) is 4.77. The van der Waals surface area contributed by atoms with E-state index in [0.717, 1.165) is 10.9 Å². The number of pyridine rings is 1. The minimum Gasteiger partial charge on any atom is -0.340 e. The molecule has 1 atom stereocenters. The number of nitrogens with zero attached hydrogens (tertiary/aromatic N) is 2. The third-order valence-electron chi connectivity index (χ3n) is 3.57. The normalized spacial score (nSPS) is 12.7. The van der Waals surface area contributed by atoms with Gasteiger partial charge in [-0.25, -0.2) is 4.39 Å². The van der Waals surface area contributed by atoms with E-state index in [4.69, 9.17) is 5.73 Å². The average Bonchev–Trinajstić information content (AvgIpc) is 2.90. The molecule has 0 amide bonds. The molecule has 0 radical (unpaired) electrons. The lowest BCUT2D eigenvalue weighted by Gasteiger charge is -2.20. The number of aromatic nitrogens is 2. The van der Waals surface area contributed by atoms with Crippen LogP contribution in [-0.2, 0) is 0 Å². The van der Waals surface area contributed by atoms with Crippen LogP contribution < -0.4 is 5.73 Å². The predicted octanol–water partition coefficient (Wildman–Crippen LogP) is 3.11. The maximum Gasteiger partial charge on any atom is 0.146 e. The molecule has 2 heterocycles. The Hall–Kier alpha value is -2.20. The van der Waals surface area contributed by atoms with E-state index in [1.165, 1.54) is 6.20 Å². The molecule has 0 aliphatic heterocycles. The Morgan fingerprint density at radius 3 is 2.85 bits per heavy atom. The lowest BCUT2D eigenvalue weighted by atomic mass is 10.0. The monoisotopic (exact) mass is 269 g/mol. The second-order valence-electron chi connectivity index (χ2n) is 4.77. The second kappa shape index (κ2) is 5.43. The van der Waals surface area contributed by atoms with Crippen molar-refractivity contribution < 1.29 is 4.39 Å². The first-order valence-electron chi connectivity index (χ1n) is 6.66. The average molecular weight is 269 g/mol. The first-order valence-corrected chi connectivity index (χ1v) is 6.66. The number of rotatable bonds is 4. The molecule has 3 aromatic rings. The molecule has 3 rings (SSSR count). The van der Waals surface area contributed by atoms with Crippen molar-refractivity contribution in [3.05, 3.63) is 66.4 Å². The van der Waals surface area contributed by atoms with E-state index in [1.54, 1.807) is 12.3 Å². The summed E-state index contributed by atoms with van der Waals surface area (Å²) < 4.78 is 16.1. The number of hydrogen-bond acceptors (Lipinski definition) is 2. The fourth-order valence-corrected chi connectivity index (χ4v) is 2.63. The van der Waals surface area contributed by atoms with Crippen molar-refractivity contribution >= 4 is 10.9 Å². The van der Waals surface area contributed by atoms with E-state index in [1.807, 2.05) is 36.5 Å². The summed E-state index contributed by atoms with van der Waals surface area (Å²) in [5.74, 6) is -0.288. The molecule has 4 heteroatoms. The Labute approximate surface area is 116 Å². The van der Waals surface area contributed by atoms with Gasteiger partial charge in [0.2, 0.25) is 0 Å². The van der Waals surface area contributed by atoms with Gasteiger partial charge in [-0.05, 0) is 36.6 Å². The van der Waals surface area contributed by atoms with Gasteiger partial charge in [0.1, 0.15) is 5.82 Å². The number of benzene rings is 1. The van der Waals surface area contributed by atoms with Gasteiger partial charge in [0.25, 0.3) is 0 Å². The van der Waals surface area contributed by atoms with E-state index in [2.05, 4.69) is 9.55 Å². The molecular weight excluding hydrogens is 253 g/mol. The van der Waals surface area contributed by atoms with Gasteiger partial charge in [-0.3, -0.25) is 4.98 Å². The maximum atomic E-state index is 14.0. The molecule has 2 N–H and O–H groups in total. The van der Waals surface area contributed by atoms with E-state index in [9.17, 15) is 4.39 Å². The smallest absolute Gasteiger partial charge is 0.146 e. The van der Waals surface area contributed by atoms with Crippen molar-refractivity contribution in [2.45, 2.75) is 12.5 Å². The van der Waals surface area contributed by atoms with Gasteiger partial charge >= 0.3 is 0 Å². The van der Waals surface area contributed by atoms with Crippen molar-refractivity contribution in [3.63, 3.8) is 0 Å². The molecule has 1 unspecified atom stereocenters. The van der Waals surface area contributed by atoms with Crippen LogP contribution in [0.1, 0.15) is 18.0 Å². The third-order valence-corrected chi connectivity index (χ3v) is 3.57. The fraction of sp³-hybridized carbons (Fsp3) is 0.188. The highest BCUT2D eigenvalue weighted by molar-refractivity contribution is 5.80. The molecular formula is C16H16FN3. The Kier molecular flexibility index (Phi) is 3.48. The van der Waals surface area contributed by atoms with Crippen LogP contribution in [0, 0.1) is 5.82 Å². The minimum atomic E-state index is -0.288. The van der Waals surface area contributed by atoms with Gasteiger partial charge in [-0.15, -0.1) is 0 Å². The molecule has 0 bridgehead atoms. The van der Waals surface area contributed by atoms with Gasteiger partial charge in [0.15, 0.2) is 0 Å². The zero-order valence-electron chi connectivity index (χ0n) is 11.0. The van der Waals surface area contributed by atoms with Crippen LogP contribution in [0.25, 0.3) is 10.9 Å². The largest absolute Gasteiger partial charge is 0.340 e. The molecule has 2 aromatic heterocycles. The van der Waals surface area contributed by atoms with Crippen LogP contribution in [0.15, 0.2) is 55.0 Å². The summed E-state index contributed by atoms with van der Waals surface area (Å²) in [5.41, 5.74) is 7.43. The maximum absolute atomic E-state index is 14.0. The Morgan fingerprint density at radius 1 is 1.20 bits per heavy atom. The summed E-state index contributed by atoms with van der Waals surface area (Å²) >= 11 is 0. The van der Waals surface area contributed by atoms with Crippen LogP contribution in [0.3, 0.4) is 0 Å². The molecule has 1 aromatic carbocycles. The molecule has 0 aliphatic carbocycles. The quantitative estimate of drug-likeness (QED) is 0.791. The van der Waals surface area contributed by atoms with Crippen molar-refractivity contribution in [1.29, 1.82) is 0 Å². The van der Waals surface area contributed by atoms with Crippen molar-refractivity contribution in [3.8, 4) is 0 Å². The van der Waals surface area contributed by atoms with Crippen LogP contribution in [0.5, 0.6) is 0 Å². The Bertz CT molecular complexity index is 720. The zero-order chi connectivity index (χ0) is 13.9. The summed E-state index contributed by atoms with van der Waals surface area (Å²) in [6, 6.07) is 11.7. The minimum absolute atomic E-state index is 0.108. The first-order chi connectivity index (χ1) is 9.81. The molecule has 0 aliphatic rings. The number of fused-ring (bicyclic) bond motifs is 1. The first kappa shape index (κ1) is 12.8. The summed E-state index contributed by atoms with van der Waals surface area (Å²) in [6.45, 7) is 0.499. The van der Waals surface area contributed by atoms with E-state index in [-0.39, 0.29) is 11.9 Å². The van der Waals surface area contributed by atoms with Crippen LogP contribution >= 0.6 is 0 Å². The number of para-hydroxylation sites is 1. The van der Waals surface area contributed by atoms with Gasteiger partial charge < -0.3 is 10.3 Å². The summed E-state index contributed by atoms with van der Waals surface area (Å²) in [4.78, 5) is 3.82. The molecule has 3 nitrogen and oxygen atoms in total. The van der Waals surface area contributed by atoms with Gasteiger partial charge in [-0.1, -0.05) is 18.2 Å². The molecule has 0 fully saturated rings. The van der Waals surface area contributed by atoms with Crippen molar-refractivity contribution in [2.75, 3.05) is 6.54 Å². The lowest BCUT2D eigenvalue weighted by Crippen LogP contribution is -2.16. The van der Waals surface area contributed by atoms with Crippen LogP contribution in [-0.4, -0.2) is 16.1 Å². The van der Waals surface area contributed by atoms with Crippen molar-refractivity contribution in [1.82, 2.24) is 9.55 Å². The Morgan fingerprint density at radius 2 is 2.05 bits per heavy atom. The molecule has 0 saturated carbocycles. The highest BCUT2D eigenvalue weighted by Crippen LogP contribution is 2.28.